The third-order valence-corrected chi connectivity index (χ3v) is 2.62. The van der Waals surface area contributed by atoms with E-state index in [2.05, 4.69) is 6.07 Å². The second-order valence-electron chi connectivity index (χ2n) is 2.94. The number of nitrogens with zero attached hydrogens (tertiary/aromatic N) is 1. The molecule has 0 spiro atoms. The largest absolute Gasteiger partial charge is 0.618 e. The Labute approximate surface area is 97.3 Å². The molecule has 1 aromatic carbocycles. The maximum atomic E-state index is 11.5. The van der Waals surface area contributed by atoms with E-state index in [9.17, 15) is 5.21 Å². The molecule has 1 heterocycles. The van der Waals surface area contributed by atoms with Gasteiger partial charge in [-0.05, 0) is 18.2 Å². The first kappa shape index (κ1) is 10.3. The van der Waals surface area contributed by atoms with Gasteiger partial charge in [0.1, 0.15) is 0 Å². The normalized spacial score (nSPS) is 10.3. The van der Waals surface area contributed by atoms with Gasteiger partial charge in [0, 0.05) is 6.07 Å². The highest BCUT2D eigenvalue weighted by atomic mass is 35.5. The van der Waals surface area contributed by atoms with Crippen molar-refractivity contribution in [1.82, 2.24) is 0 Å². The van der Waals surface area contributed by atoms with Crippen LogP contribution in [-0.4, -0.2) is 0 Å². The lowest BCUT2D eigenvalue weighted by molar-refractivity contribution is -0.593. The highest BCUT2D eigenvalue weighted by Crippen LogP contribution is 2.32. The number of aromatic nitrogens is 1. The Morgan fingerprint density at radius 2 is 1.80 bits per heavy atom. The smallest absolute Gasteiger partial charge is 0.226 e. The molecule has 1 aromatic heterocycles. The van der Waals surface area contributed by atoms with E-state index in [0.29, 0.717) is 26.0 Å². The molecule has 2 rings (SSSR count). The van der Waals surface area contributed by atoms with E-state index < -0.39 is 0 Å². The van der Waals surface area contributed by atoms with Crippen molar-refractivity contribution in [3.63, 3.8) is 0 Å². The van der Waals surface area contributed by atoms with Crippen LogP contribution >= 0.6 is 23.2 Å². The predicted octanol–water partition coefficient (Wildman–Crippen LogP) is 3.09. The average molecular weight is 239 g/mol. The molecule has 2 nitrogen and oxygen atoms in total. The van der Waals surface area contributed by atoms with Crippen LogP contribution in [0.4, 0.5) is 0 Å². The highest BCUT2D eigenvalue weighted by Gasteiger charge is 2.15. The average Bonchev–Trinajstić information content (AvgIpc) is 2.20. The lowest BCUT2D eigenvalue weighted by Crippen LogP contribution is -2.28. The number of hydrogen-bond donors (Lipinski definition) is 0. The zero-order valence-electron chi connectivity index (χ0n) is 7.58. The van der Waals surface area contributed by atoms with Crippen molar-refractivity contribution < 1.29 is 4.73 Å². The zero-order chi connectivity index (χ0) is 10.8. The number of rotatable bonds is 1. The minimum atomic E-state index is 0.421. The summed E-state index contributed by atoms with van der Waals surface area (Å²) in [6, 6.07) is 11.1. The van der Waals surface area contributed by atoms with Gasteiger partial charge in [0.15, 0.2) is 6.20 Å². The molecule has 0 bridgehead atoms. The first-order valence-electron chi connectivity index (χ1n) is 4.24. The molecule has 15 heavy (non-hydrogen) atoms. The standard InChI is InChI=1S/C11H6Cl2NO/c12-8-4-3-5-9(13)11(8)10-6-1-2-7-14(10)15/h1,3-7H. The monoisotopic (exact) mass is 238 g/mol. The van der Waals surface area contributed by atoms with Gasteiger partial charge in [-0.3, -0.25) is 0 Å². The first-order valence-corrected chi connectivity index (χ1v) is 4.99. The Kier molecular flexibility index (Phi) is 2.80. The van der Waals surface area contributed by atoms with Gasteiger partial charge in [0.2, 0.25) is 5.69 Å². The van der Waals surface area contributed by atoms with Crippen molar-refractivity contribution in [1.29, 1.82) is 0 Å². The summed E-state index contributed by atoms with van der Waals surface area (Å²) in [5.41, 5.74) is 0.967. The van der Waals surface area contributed by atoms with Gasteiger partial charge < -0.3 is 5.21 Å². The van der Waals surface area contributed by atoms with Crippen molar-refractivity contribution in [3.05, 3.63) is 57.8 Å². The van der Waals surface area contributed by atoms with Crippen LogP contribution in [0.2, 0.25) is 10.0 Å². The number of pyridine rings is 1. The van der Waals surface area contributed by atoms with Crippen LogP contribution in [0.3, 0.4) is 0 Å². The molecule has 0 saturated heterocycles. The molecule has 0 fully saturated rings. The molecule has 75 valence electrons. The second-order valence-corrected chi connectivity index (χ2v) is 3.75. The van der Waals surface area contributed by atoms with Crippen molar-refractivity contribution in [2.45, 2.75) is 0 Å². The molecule has 0 atom stereocenters. The second kappa shape index (κ2) is 4.09. The van der Waals surface area contributed by atoms with Crippen LogP contribution < -0.4 is 4.73 Å². The van der Waals surface area contributed by atoms with Crippen molar-refractivity contribution in [3.8, 4) is 11.3 Å². The molecular weight excluding hydrogens is 233 g/mol. The van der Waals surface area contributed by atoms with Crippen LogP contribution in [0.15, 0.2) is 36.5 Å². The van der Waals surface area contributed by atoms with Crippen LogP contribution in [0.1, 0.15) is 0 Å². The van der Waals surface area contributed by atoms with E-state index in [0.717, 1.165) is 0 Å². The predicted molar refractivity (Wildman–Crippen MR) is 59.7 cm³/mol. The van der Waals surface area contributed by atoms with Crippen molar-refractivity contribution in [2.75, 3.05) is 0 Å². The van der Waals surface area contributed by atoms with Gasteiger partial charge in [-0.1, -0.05) is 29.3 Å². The van der Waals surface area contributed by atoms with Crippen LogP contribution in [-0.2, 0) is 0 Å². The summed E-state index contributed by atoms with van der Waals surface area (Å²) in [6.45, 7) is 0. The third-order valence-electron chi connectivity index (χ3n) is 1.99. The minimum absolute atomic E-state index is 0.421. The lowest BCUT2D eigenvalue weighted by Gasteiger charge is -2.06. The van der Waals surface area contributed by atoms with Gasteiger partial charge in [-0.15, -0.1) is 0 Å². The van der Waals surface area contributed by atoms with Crippen LogP contribution in [0, 0.1) is 11.3 Å². The molecule has 0 saturated carbocycles. The Bertz CT molecular complexity index is 479. The SMILES string of the molecule is [O-][n+]1c[c]ccc1-c1c(Cl)cccc1Cl. The fourth-order valence-corrected chi connectivity index (χ4v) is 1.91. The maximum absolute atomic E-state index is 11.5. The quantitative estimate of drug-likeness (QED) is 0.554. The summed E-state index contributed by atoms with van der Waals surface area (Å²) in [7, 11) is 0. The Morgan fingerprint density at radius 3 is 2.40 bits per heavy atom. The first-order chi connectivity index (χ1) is 7.20. The molecule has 0 aliphatic heterocycles. The molecular formula is C11H6Cl2NO. The van der Waals surface area contributed by atoms with Gasteiger partial charge in [-0.25, -0.2) is 0 Å². The third kappa shape index (κ3) is 1.91. The molecule has 0 aliphatic carbocycles. The Morgan fingerprint density at radius 1 is 1.13 bits per heavy atom. The number of hydrogen-bond acceptors (Lipinski definition) is 1. The number of benzene rings is 1. The molecule has 0 amide bonds. The van der Waals surface area contributed by atoms with Crippen molar-refractivity contribution >= 4 is 23.2 Å². The van der Waals surface area contributed by atoms with E-state index in [-0.39, 0.29) is 0 Å². The van der Waals surface area contributed by atoms with E-state index in [1.165, 1.54) is 6.20 Å². The fourth-order valence-electron chi connectivity index (χ4n) is 1.32. The molecule has 0 N–H and O–H groups in total. The molecule has 0 unspecified atom stereocenters. The van der Waals surface area contributed by atoms with Crippen LogP contribution in [0.25, 0.3) is 11.3 Å². The van der Waals surface area contributed by atoms with Gasteiger partial charge >= 0.3 is 0 Å². The molecule has 2 aromatic rings. The highest BCUT2D eigenvalue weighted by molar-refractivity contribution is 6.38. The minimum Gasteiger partial charge on any atom is -0.618 e. The van der Waals surface area contributed by atoms with Crippen molar-refractivity contribution in [2.24, 2.45) is 0 Å². The molecule has 0 aliphatic rings. The molecule has 4 heteroatoms. The summed E-state index contributed by atoms with van der Waals surface area (Å²) >= 11 is 12.0. The summed E-state index contributed by atoms with van der Waals surface area (Å²) in [5.74, 6) is 0. The summed E-state index contributed by atoms with van der Waals surface area (Å²) < 4.78 is 0.688. The summed E-state index contributed by atoms with van der Waals surface area (Å²) in [6.07, 6.45) is 1.29. The lowest BCUT2D eigenvalue weighted by atomic mass is 10.1. The van der Waals surface area contributed by atoms with E-state index in [4.69, 9.17) is 23.2 Å². The van der Waals surface area contributed by atoms with E-state index >= 15 is 0 Å². The maximum Gasteiger partial charge on any atom is 0.226 e. The zero-order valence-corrected chi connectivity index (χ0v) is 9.09. The Balaban J connectivity index is 2.69. The van der Waals surface area contributed by atoms with E-state index in [1.807, 2.05) is 0 Å². The number of halogens is 2. The van der Waals surface area contributed by atoms with Gasteiger partial charge in [-0.2, -0.15) is 4.73 Å². The van der Waals surface area contributed by atoms with E-state index in [1.54, 1.807) is 30.3 Å². The fraction of sp³-hybridized carbons (Fsp3) is 0. The summed E-state index contributed by atoms with van der Waals surface area (Å²) in [4.78, 5) is 0. The molecule has 1 radical (unpaired) electrons. The summed E-state index contributed by atoms with van der Waals surface area (Å²) in [5, 5.41) is 12.4. The van der Waals surface area contributed by atoms with Gasteiger partial charge in [0.05, 0.1) is 21.7 Å². The Hall–Kier alpha value is -1.25. The van der Waals surface area contributed by atoms with Crippen LogP contribution in [0.5, 0.6) is 0 Å². The topological polar surface area (TPSA) is 26.9 Å². The van der Waals surface area contributed by atoms with Gasteiger partial charge in [0.25, 0.3) is 0 Å².